The molecular weight excluding hydrogens is 228 g/mol. The van der Waals surface area contributed by atoms with Crippen molar-refractivity contribution >= 4 is 0 Å². The van der Waals surface area contributed by atoms with E-state index in [1.54, 1.807) is 0 Å². The van der Waals surface area contributed by atoms with E-state index < -0.39 is 12.2 Å². The Morgan fingerprint density at radius 3 is 2.56 bits per heavy atom. The third-order valence-corrected chi connectivity index (χ3v) is 4.71. The third kappa shape index (κ3) is 2.79. The number of ether oxygens (including phenoxy) is 1. The van der Waals surface area contributed by atoms with Crippen molar-refractivity contribution in [1.82, 2.24) is 0 Å². The van der Waals surface area contributed by atoms with Crippen LogP contribution in [0.5, 0.6) is 0 Å². The van der Waals surface area contributed by atoms with Gasteiger partial charge in [-0.15, -0.1) is 0 Å². The van der Waals surface area contributed by atoms with Gasteiger partial charge in [0.25, 0.3) is 0 Å². The van der Waals surface area contributed by atoms with Crippen molar-refractivity contribution in [3.8, 4) is 0 Å². The summed E-state index contributed by atoms with van der Waals surface area (Å²) in [5.74, 6) is 0. The number of rotatable bonds is 0. The van der Waals surface area contributed by atoms with Gasteiger partial charge in [0.15, 0.2) is 0 Å². The molecule has 0 unspecified atom stereocenters. The van der Waals surface area contributed by atoms with Crippen LogP contribution < -0.4 is 0 Å². The number of aliphatic hydroxyl groups excluding tert-OH is 2. The fourth-order valence-corrected chi connectivity index (χ4v) is 2.83. The predicted molar refractivity (Wildman–Crippen MR) is 71.3 cm³/mol. The maximum atomic E-state index is 10.3. The number of fused-ring (bicyclic) bond motifs is 1. The van der Waals surface area contributed by atoms with Crippen LogP contribution in [-0.4, -0.2) is 34.1 Å². The van der Waals surface area contributed by atoms with Gasteiger partial charge in [0.2, 0.25) is 0 Å². The summed E-state index contributed by atoms with van der Waals surface area (Å²) in [7, 11) is 0. The van der Waals surface area contributed by atoms with Crippen LogP contribution >= 0.6 is 0 Å². The molecule has 1 aliphatic carbocycles. The first-order valence-electron chi connectivity index (χ1n) is 6.97. The molecule has 0 aromatic carbocycles. The number of epoxide rings is 1. The molecule has 0 amide bonds. The lowest BCUT2D eigenvalue weighted by Gasteiger charge is -2.29. The molecule has 3 heteroatoms. The van der Waals surface area contributed by atoms with Gasteiger partial charge in [-0.25, -0.2) is 0 Å². The van der Waals surface area contributed by atoms with Crippen molar-refractivity contribution < 1.29 is 14.9 Å². The predicted octanol–water partition coefficient (Wildman–Crippen LogP) is 2.41. The van der Waals surface area contributed by atoms with E-state index in [1.165, 1.54) is 0 Å². The van der Waals surface area contributed by atoms with Crippen LogP contribution in [0.3, 0.4) is 0 Å². The van der Waals surface area contributed by atoms with Crippen molar-refractivity contribution in [2.75, 3.05) is 0 Å². The fraction of sp³-hybridized carbons (Fsp3) is 0.867. The smallest absolute Gasteiger partial charge is 0.0921 e. The van der Waals surface area contributed by atoms with Gasteiger partial charge in [-0.3, -0.25) is 0 Å². The molecule has 104 valence electrons. The standard InChI is InChI=1S/C15H26O3/c1-10-8-12(17)14(2,3)6-5-7-15(4)13(18-15)9-11(10)16/h8,11-13,16-17H,5-7,9H2,1-4H3/b10-8+/t11-,12-,13+,15-/m1/s1. The average Bonchev–Trinajstić information content (AvgIpc) is 2.87. The second-order valence-corrected chi connectivity index (χ2v) is 6.87. The van der Waals surface area contributed by atoms with Gasteiger partial charge in [-0.1, -0.05) is 19.9 Å². The molecule has 2 N–H and O–H groups in total. The molecule has 2 aliphatic rings. The summed E-state index contributed by atoms with van der Waals surface area (Å²) in [4.78, 5) is 0. The third-order valence-electron chi connectivity index (χ3n) is 4.71. The molecular formula is C15H26O3. The average molecular weight is 254 g/mol. The van der Waals surface area contributed by atoms with Crippen LogP contribution in [0.1, 0.15) is 53.4 Å². The Morgan fingerprint density at radius 2 is 1.89 bits per heavy atom. The van der Waals surface area contributed by atoms with Gasteiger partial charge in [0, 0.05) is 6.42 Å². The van der Waals surface area contributed by atoms with Crippen molar-refractivity contribution in [2.45, 2.75) is 77.3 Å². The molecule has 1 heterocycles. The maximum absolute atomic E-state index is 10.3. The van der Waals surface area contributed by atoms with E-state index in [-0.39, 0.29) is 17.1 Å². The van der Waals surface area contributed by atoms with E-state index in [4.69, 9.17) is 4.74 Å². The summed E-state index contributed by atoms with van der Waals surface area (Å²) in [5, 5.41) is 20.4. The molecule has 2 rings (SSSR count). The molecule has 0 radical (unpaired) electrons. The van der Waals surface area contributed by atoms with E-state index in [9.17, 15) is 10.2 Å². The lowest BCUT2D eigenvalue weighted by molar-refractivity contribution is 0.0768. The maximum Gasteiger partial charge on any atom is 0.0921 e. The Kier molecular flexibility index (Phi) is 3.60. The van der Waals surface area contributed by atoms with Gasteiger partial charge in [0.05, 0.1) is 23.9 Å². The Hall–Kier alpha value is -0.380. The largest absolute Gasteiger partial charge is 0.389 e. The van der Waals surface area contributed by atoms with E-state index in [2.05, 4.69) is 20.8 Å². The zero-order valence-corrected chi connectivity index (χ0v) is 11.9. The molecule has 0 saturated carbocycles. The second-order valence-electron chi connectivity index (χ2n) is 6.87. The summed E-state index contributed by atoms with van der Waals surface area (Å²) in [6, 6.07) is 0. The summed E-state index contributed by atoms with van der Waals surface area (Å²) in [6.45, 7) is 8.19. The summed E-state index contributed by atoms with van der Waals surface area (Å²) >= 11 is 0. The molecule has 1 saturated heterocycles. The molecule has 0 spiro atoms. The van der Waals surface area contributed by atoms with Gasteiger partial charge in [-0.05, 0) is 44.1 Å². The first kappa shape index (κ1) is 14.0. The van der Waals surface area contributed by atoms with Crippen LogP contribution in [0.2, 0.25) is 0 Å². The minimum Gasteiger partial charge on any atom is -0.389 e. The Labute approximate surface area is 110 Å². The van der Waals surface area contributed by atoms with E-state index in [0.29, 0.717) is 6.42 Å². The summed E-state index contributed by atoms with van der Waals surface area (Å²) in [5.41, 5.74) is 0.661. The molecule has 1 fully saturated rings. The van der Waals surface area contributed by atoms with Crippen LogP contribution in [0, 0.1) is 5.41 Å². The van der Waals surface area contributed by atoms with Crippen molar-refractivity contribution in [2.24, 2.45) is 5.41 Å². The minimum absolute atomic E-state index is 0.0490. The lowest BCUT2D eigenvalue weighted by atomic mass is 9.80. The first-order valence-corrected chi connectivity index (χ1v) is 6.97. The van der Waals surface area contributed by atoms with E-state index in [0.717, 1.165) is 24.8 Å². The van der Waals surface area contributed by atoms with Crippen molar-refractivity contribution in [1.29, 1.82) is 0 Å². The molecule has 0 aromatic heterocycles. The van der Waals surface area contributed by atoms with Crippen LogP contribution in [0.15, 0.2) is 11.6 Å². The van der Waals surface area contributed by atoms with Crippen LogP contribution in [0.25, 0.3) is 0 Å². The van der Waals surface area contributed by atoms with Crippen LogP contribution in [0.4, 0.5) is 0 Å². The van der Waals surface area contributed by atoms with Gasteiger partial charge in [0.1, 0.15) is 0 Å². The molecule has 4 atom stereocenters. The molecule has 0 aromatic rings. The topological polar surface area (TPSA) is 53.0 Å². The highest BCUT2D eigenvalue weighted by atomic mass is 16.6. The SMILES string of the molecule is C/C1=C\[C@@H](O)C(C)(C)CCC[C@@]2(C)O[C@H]2C[C@H]1O. The summed E-state index contributed by atoms with van der Waals surface area (Å²) in [6.07, 6.45) is 4.69. The Bertz CT molecular complexity index is 348. The van der Waals surface area contributed by atoms with Crippen molar-refractivity contribution in [3.05, 3.63) is 11.6 Å². The van der Waals surface area contributed by atoms with E-state index >= 15 is 0 Å². The quantitative estimate of drug-likeness (QED) is 0.515. The van der Waals surface area contributed by atoms with Gasteiger partial charge < -0.3 is 14.9 Å². The zero-order chi connectivity index (χ0) is 13.6. The fourth-order valence-electron chi connectivity index (χ4n) is 2.83. The Balaban J connectivity index is 2.17. The van der Waals surface area contributed by atoms with E-state index in [1.807, 2.05) is 13.0 Å². The highest BCUT2D eigenvalue weighted by Gasteiger charge is 2.52. The number of hydrogen-bond acceptors (Lipinski definition) is 3. The lowest BCUT2D eigenvalue weighted by Crippen LogP contribution is -2.28. The Morgan fingerprint density at radius 1 is 1.22 bits per heavy atom. The number of aliphatic hydroxyl groups is 2. The zero-order valence-electron chi connectivity index (χ0n) is 11.9. The highest BCUT2D eigenvalue weighted by Crippen LogP contribution is 2.45. The first-order chi connectivity index (χ1) is 8.24. The van der Waals surface area contributed by atoms with Crippen LogP contribution in [-0.2, 0) is 4.74 Å². The molecule has 1 aliphatic heterocycles. The highest BCUT2D eigenvalue weighted by molar-refractivity contribution is 5.13. The second kappa shape index (κ2) is 4.62. The minimum atomic E-state index is -0.500. The van der Waals surface area contributed by atoms with Crippen molar-refractivity contribution in [3.63, 3.8) is 0 Å². The van der Waals surface area contributed by atoms with Gasteiger partial charge >= 0.3 is 0 Å². The molecule has 3 nitrogen and oxygen atoms in total. The molecule has 0 bridgehead atoms. The molecule has 18 heavy (non-hydrogen) atoms. The monoisotopic (exact) mass is 254 g/mol. The van der Waals surface area contributed by atoms with Gasteiger partial charge in [-0.2, -0.15) is 0 Å². The number of hydrogen-bond donors (Lipinski definition) is 2. The summed E-state index contributed by atoms with van der Waals surface area (Å²) < 4.78 is 5.74. The normalized spacial score (nSPS) is 47.4.